The summed E-state index contributed by atoms with van der Waals surface area (Å²) in [6, 6.07) is 7.29. The summed E-state index contributed by atoms with van der Waals surface area (Å²) in [5.74, 6) is -0.230. The zero-order chi connectivity index (χ0) is 14.9. The van der Waals surface area contributed by atoms with E-state index >= 15 is 0 Å². The first kappa shape index (κ1) is 13.9. The first-order chi connectivity index (χ1) is 10.8. The molecule has 4 nitrogen and oxygen atoms in total. The van der Waals surface area contributed by atoms with Gasteiger partial charge in [0, 0.05) is 44.0 Å². The van der Waals surface area contributed by atoms with Crippen molar-refractivity contribution in [2.75, 3.05) is 26.2 Å². The van der Waals surface area contributed by atoms with Crippen LogP contribution in [0.5, 0.6) is 0 Å². The summed E-state index contributed by atoms with van der Waals surface area (Å²) in [5, 5.41) is 4.37. The maximum Gasteiger partial charge on any atom is 0.125 e. The quantitative estimate of drug-likeness (QED) is 0.869. The summed E-state index contributed by atoms with van der Waals surface area (Å²) in [4.78, 5) is 5.13. The van der Waals surface area contributed by atoms with E-state index in [2.05, 4.69) is 14.9 Å². The monoisotopic (exact) mass is 300 g/mol. The van der Waals surface area contributed by atoms with Crippen molar-refractivity contribution in [2.24, 2.45) is 0 Å². The maximum absolute atomic E-state index is 13.3. The first-order valence-corrected chi connectivity index (χ1v) is 8.04. The molecule has 0 amide bonds. The molecule has 0 aliphatic carbocycles. The topological polar surface area (TPSA) is 24.3 Å². The summed E-state index contributed by atoms with van der Waals surface area (Å²) in [5.41, 5.74) is 1.96. The number of halogens is 1. The van der Waals surface area contributed by atoms with Crippen LogP contribution < -0.4 is 0 Å². The van der Waals surface area contributed by atoms with Crippen LogP contribution >= 0.6 is 0 Å². The van der Waals surface area contributed by atoms with Crippen molar-refractivity contribution in [3.63, 3.8) is 0 Å². The molecule has 1 aromatic carbocycles. The molecule has 1 aromatic heterocycles. The number of aromatic nitrogens is 2. The molecule has 2 aromatic rings. The van der Waals surface area contributed by atoms with Gasteiger partial charge in [-0.25, -0.2) is 9.07 Å². The smallest absolute Gasteiger partial charge is 0.125 e. The van der Waals surface area contributed by atoms with Gasteiger partial charge in [0.25, 0.3) is 0 Å². The summed E-state index contributed by atoms with van der Waals surface area (Å²) in [6.07, 6.45) is 6.58. The molecule has 2 aliphatic heterocycles. The van der Waals surface area contributed by atoms with Gasteiger partial charge < -0.3 is 0 Å². The lowest BCUT2D eigenvalue weighted by Gasteiger charge is -2.37. The van der Waals surface area contributed by atoms with Crippen LogP contribution in [-0.4, -0.2) is 51.8 Å². The number of fused-ring (bicyclic) bond motifs is 1. The molecule has 2 fully saturated rings. The van der Waals surface area contributed by atoms with Crippen LogP contribution in [0.2, 0.25) is 0 Å². The Bertz CT molecular complexity index is 654. The predicted molar refractivity (Wildman–Crippen MR) is 83.4 cm³/mol. The number of benzene rings is 1. The lowest BCUT2D eigenvalue weighted by molar-refractivity contribution is 0.0994. The minimum Gasteiger partial charge on any atom is -0.298 e. The molecule has 4 rings (SSSR count). The van der Waals surface area contributed by atoms with Gasteiger partial charge in [0.15, 0.2) is 0 Å². The molecule has 3 heterocycles. The summed E-state index contributed by atoms with van der Waals surface area (Å²) in [7, 11) is 0. The summed E-state index contributed by atoms with van der Waals surface area (Å²) >= 11 is 0. The van der Waals surface area contributed by atoms with Crippen molar-refractivity contribution in [2.45, 2.75) is 25.4 Å². The number of piperazine rings is 1. The molecule has 2 aliphatic rings. The van der Waals surface area contributed by atoms with E-state index in [0.29, 0.717) is 0 Å². The number of nitrogens with zero attached hydrogens (tertiary/aromatic N) is 4. The zero-order valence-electron chi connectivity index (χ0n) is 12.7. The third-order valence-electron chi connectivity index (χ3n) is 4.79. The van der Waals surface area contributed by atoms with E-state index in [1.165, 1.54) is 43.6 Å². The van der Waals surface area contributed by atoms with Crippen molar-refractivity contribution in [3.8, 4) is 5.69 Å². The number of rotatable bonds is 3. The average Bonchev–Trinajstić information content (AvgIpc) is 3.16. The fraction of sp³-hybridized carbons (Fsp3) is 0.471. The maximum atomic E-state index is 13.3. The zero-order valence-corrected chi connectivity index (χ0v) is 12.7. The third-order valence-corrected chi connectivity index (χ3v) is 4.79. The Hall–Kier alpha value is -1.72. The van der Waals surface area contributed by atoms with Gasteiger partial charge in [0.2, 0.25) is 0 Å². The van der Waals surface area contributed by atoms with Crippen molar-refractivity contribution in [1.29, 1.82) is 0 Å². The third kappa shape index (κ3) is 2.78. The van der Waals surface area contributed by atoms with Gasteiger partial charge >= 0.3 is 0 Å². The SMILES string of the molecule is Fc1cccc(-n2cc(CN3CCN4CCC[C@H]4C3)cn2)c1. The molecule has 0 saturated carbocycles. The molecule has 0 bridgehead atoms. The second-order valence-electron chi connectivity index (χ2n) is 6.34. The lowest BCUT2D eigenvalue weighted by atomic mass is 10.1. The van der Waals surface area contributed by atoms with Crippen LogP contribution in [0.15, 0.2) is 36.7 Å². The van der Waals surface area contributed by atoms with Crippen molar-refractivity contribution in [1.82, 2.24) is 19.6 Å². The molecule has 0 unspecified atom stereocenters. The highest BCUT2D eigenvalue weighted by atomic mass is 19.1. The Morgan fingerprint density at radius 1 is 1.23 bits per heavy atom. The Morgan fingerprint density at radius 3 is 3.09 bits per heavy atom. The number of hydrogen-bond acceptors (Lipinski definition) is 3. The van der Waals surface area contributed by atoms with Gasteiger partial charge in [-0.3, -0.25) is 9.80 Å². The Morgan fingerprint density at radius 2 is 2.18 bits per heavy atom. The Balaban J connectivity index is 1.44. The highest BCUT2D eigenvalue weighted by molar-refractivity contribution is 5.31. The molecule has 0 radical (unpaired) electrons. The first-order valence-electron chi connectivity index (χ1n) is 8.04. The molecule has 116 valence electrons. The van der Waals surface area contributed by atoms with Crippen molar-refractivity contribution < 1.29 is 4.39 Å². The van der Waals surface area contributed by atoms with Crippen LogP contribution in [-0.2, 0) is 6.54 Å². The van der Waals surface area contributed by atoms with Gasteiger partial charge in [-0.2, -0.15) is 5.10 Å². The van der Waals surface area contributed by atoms with E-state index in [1.807, 2.05) is 18.5 Å². The van der Waals surface area contributed by atoms with Crippen molar-refractivity contribution >= 4 is 0 Å². The fourth-order valence-electron chi connectivity index (χ4n) is 3.66. The van der Waals surface area contributed by atoms with Gasteiger partial charge in [0.05, 0.1) is 11.9 Å². The van der Waals surface area contributed by atoms with Gasteiger partial charge in [-0.1, -0.05) is 6.07 Å². The van der Waals surface area contributed by atoms with E-state index in [-0.39, 0.29) is 5.82 Å². The molecular weight excluding hydrogens is 279 g/mol. The largest absolute Gasteiger partial charge is 0.298 e. The van der Waals surface area contributed by atoms with Crippen LogP contribution in [0.4, 0.5) is 4.39 Å². The summed E-state index contributed by atoms with van der Waals surface area (Å²) < 4.78 is 15.1. The van der Waals surface area contributed by atoms with Crippen molar-refractivity contribution in [3.05, 3.63) is 48.0 Å². The van der Waals surface area contributed by atoms with Gasteiger partial charge in [-0.15, -0.1) is 0 Å². The van der Waals surface area contributed by atoms with Crippen LogP contribution in [0.1, 0.15) is 18.4 Å². The van der Waals surface area contributed by atoms with E-state index in [1.54, 1.807) is 10.7 Å². The molecule has 0 spiro atoms. The van der Waals surface area contributed by atoms with E-state index in [9.17, 15) is 4.39 Å². The van der Waals surface area contributed by atoms with E-state index in [4.69, 9.17) is 0 Å². The minimum absolute atomic E-state index is 0.230. The molecular formula is C17H21FN4. The van der Waals surface area contributed by atoms with E-state index in [0.717, 1.165) is 31.4 Å². The average molecular weight is 300 g/mol. The Labute approximate surface area is 130 Å². The normalized spacial score (nSPS) is 22.9. The lowest BCUT2D eigenvalue weighted by Crippen LogP contribution is -2.49. The predicted octanol–water partition coefficient (Wildman–Crippen LogP) is 2.29. The highest BCUT2D eigenvalue weighted by Gasteiger charge is 2.30. The Kier molecular flexibility index (Phi) is 3.68. The van der Waals surface area contributed by atoms with Crippen LogP contribution in [0.3, 0.4) is 0 Å². The standard InChI is InChI=1S/C17H21FN4/c18-15-3-1-4-16(9-15)22-12-14(10-19-22)11-20-7-8-21-6-2-5-17(21)13-20/h1,3-4,9-10,12,17H,2,5-8,11,13H2/t17-/m0/s1. The molecule has 5 heteroatoms. The molecule has 22 heavy (non-hydrogen) atoms. The van der Waals surface area contributed by atoms with Gasteiger partial charge in [0.1, 0.15) is 5.82 Å². The number of hydrogen-bond donors (Lipinski definition) is 0. The molecule has 2 saturated heterocycles. The van der Waals surface area contributed by atoms with Gasteiger partial charge in [-0.05, 0) is 37.6 Å². The highest BCUT2D eigenvalue weighted by Crippen LogP contribution is 2.22. The molecule has 0 N–H and O–H groups in total. The summed E-state index contributed by atoms with van der Waals surface area (Å²) in [6.45, 7) is 5.67. The van der Waals surface area contributed by atoms with E-state index < -0.39 is 0 Å². The minimum atomic E-state index is -0.230. The fourth-order valence-corrected chi connectivity index (χ4v) is 3.66. The molecule has 1 atom stereocenters. The van der Waals surface area contributed by atoms with Crippen LogP contribution in [0.25, 0.3) is 5.69 Å². The second kappa shape index (κ2) is 5.82. The van der Waals surface area contributed by atoms with Crippen LogP contribution in [0, 0.1) is 5.82 Å². The second-order valence-corrected chi connectivity index (χ2v) is 6.34.